The number of halogens is 1. The topological polar surface area (TPSA) is 47.0 Å². The number of aromatic nitrogens is 2. The third-order valence-corrected chi connectivity index (χ3v) is 2.58. The Kier molecular flexibility index (Phi) is 4.80. The molecule has 0 fully saturated rings. The molecule has 0 aliphatic heterocycles. The van der Waals surface area contributed by atoms with Crippen molar-refractivity contribution in [1.82, 2.24) is 15.3 Å². The van der Waals surface area contributed by atoms with Crippen molar-refractivity contribution >= 4 is 0 Å². The molecule has 0 saturated carbocycles. The summed E-state index contributed by atoms with van der Waals surface area (Å²) in [5.41, 5.74) is 0.393. The van der Waals surface area contributed by atoms with Gasteiger partial charge >= 0.3 is 0 Å². The molecule has 1 heterocycles. The predicted octanol–water partition coefficient (Wildman–Crippen LogP) is 2.27. The minimum absolute atomic E-state index is 0.329. The molecule has 1 N–H and O–H groups in total. The fraction of sp³-hybridized carbons (Fsp3) is 0.286. The van der Waals surface area contributed by atoms with Crippen molar-refractivity contribution in [3.05, 3.63) is 42.5 Å². The summed E-state index contributed by atoms with van der Waals surface area (Å²) in [5.74, 6) is 0.627. The average molecular weight is 261 g/mol. The van der Waals surface area contributed by atoms with Crippen molar-refractivity contribution in [2.45, 2.75) is 6.42 Å². The van der Waals surface area contributed by atoms with Gasteiger partial charge in [0.2, 0.25) is 0 Å². The Labute approximate surface area is 111 Å². The molecule has 2 aromatic rings. The number of benzene rings is 1. The van der Waals surface area contributed by atoms with Crippen molar-refractivity contribution < 1.29 is 9.13 Å². The molecule has 0 radical (unpaired) electrons. The van der Waals surface area contributed by atoms with Crippen LogP contribution in [0.3, 0.4) is 0 Å². The van der Waals surface area contributed by atoms with Gasteiger partial charge in [0.05, 0.1) is 24.6 Å². The van der Waals surface area contributed by atoms with Crippen molar-refractivity contribution in [2.24, 2.45) is 0 Å². The maximum atomic E-state index is 13.5. The summed E-state index contributed by atoms with van der Waals surface area (Å²) in [6.45, 7) is 1.50. The molecule has 2 rings (SSSR count). The van der Waals surface area contributed by atoms with E-state index in [4.69, 9.17) is 4.74 Å². The fourth-order valence-corrected chi connectivity index (χ4v) is 1.61. The second kappa shape index (κ2) is 6.80. The second-order valence-corrected chi connectivity index (χ2v) is 4.03. The fourth-order valence-electron chi connectivity index (χ4n) is 1.61. The van der Waals surface area contributed by atoms with E-state index in [1.54, 1.807) is 30.6 Å². The number of hydrogen-bond donors (Lipinski definition) is 1. The highest BCUT2D eigenvalue weighted by Gasteiger charge is 2.06. The molecule has 0 spiro atoms. The molecule has 0 amide bonds. The quantitative estimate of drug-likeness (QED) is 0.810. The van der Waals surface area contributed by atoms with Gasteiger partial charge in [-0.25, -0.2) is 14.4 Å². The third kappa shape index (κ3) is 3.72. The van der Waals surface area contributed by atoms with E-state index in [2.05, 4.69) is 15.3 Å². The van der Waals surface area contributed by atoms with Gasteiger partial charge < -0.3 is 10.1 Å². The number of hydrogen-bond acceptors (Lipinski definition) is 4. The van der Waals surface area contributed by atoms with Gasteiger partial charge in [-0.2, -0.15) is 0 Å². The molecule has 0 aliphatic carbocycles. The molecule has 0 bridgehead atoms. The van der Waals surface area contributed by atoms with Crippen LogP contribution < -0.4 is 10.1 Å². The summed E-state index contributed by atoms with van der Waals surface area (Å²) in [7, 11) is 1.90. The van der Waals surface area contributed by atoms with Gasteiger partial charge in [-0.05, 0) is 32.1 Å². The summed E-state index contributed by atoms with van der Waals surface area (Å²) < 4.78 is 19.0. The van der Waals surface area contributed by atoms with Gasteiger partial charge in [-0.1, -0.05) is 12.1 Å². The molecule has 19 heavy (non-hydrogen) atoms. The zero-order valence-electron chi connectivity index (χ0n) is 10.8. The van der Waals surface area contributed by atoms with Crippen LogP contribution in [0.5, 0.6) is 5.75 Å². The average Bonchev–Trinajstić information content (AvgIpc) is 2.45. The van der Waals surface area contributed by atoms with Gasteiger partial charge in [0.15, 0.2) is 11.6 Å². The van der Waals surface area contributed by atoms with E-state index in [0.717, 1.165) is 13.0 Å². The molecule has 1 aromatic heterocycles. The monoisotopic (exact) mass is 261 g/mol. The maximum Gasteiger partial charge on any atom is 0.162 e. The van der Waals surface area contributed by atoms with Crippen LogP contribution in [0, 0.1) is 5.82 Å². The molecule has 1 aromatic carbocycles. The zero-order valence-corrected chi connectivity index (χ0v) is 10.8. The molecule has 0 saturated heterocycles. The first-order valence-electron chi connectivity index (χ1n) is 6.15. The smallest absolute Gasteiger partial charge is 0.162 e. The van der Waals surface area contributed by atoms with Crippen LogP contribution in [0.1, 0.15) is 6.42 Å². The van der Waals surface area contributed by atoms with Crippen molar-refractivity contribution in [2.75, 3.05) is 20.2 Å². The largest absolute Gasteiger partial charge is 0.490 e. The van der Waals surface area contributed by atoms with Crippen LogP contribution in [0.25, 0.3) is 11.4 Å². The molecular weight excluding hydrogens is 245 g/mol. The van der Waals surface area contributed by atoms with Crippen LogP contribution in [0.2, 0.25) is 0 Å². The highest BCUT2D eigenvalue weighted by molar-refractivity contribution is 5.55. The molecule has 4 nitrogen and oxygen atoms in total. The first-order chi connectivity index (χ1) is 9.31. The Hall–Kier alpha value is -2.01. The van der Waals surface area contributed by atoms with Gasteiger partial charge in [0, 0.05) is 0 Å². The first kappa shape index (κ1) is 13.4. The van der Waals surface area contributed by atoms with E-state index in [-0.39, 0.29) is 5.82 Å². The molecular formula is C14H16FN3O. The molecule has 0 atom stereocenters. The van der Waals surface area contributed by atoms with Crippen molar-refractivity contribution in [3.8, 4) is 17.1 Å². The first-order valence-corrected chi connectivity index (χ1v) is 6.15. The van der Waals surface area contributed by atoms with E-state index in [9.17, 15) is 4.39 Å². The van der Waals surface area contributed by atoms with E-state index in [1.807, 2.05) is 7.05 Å². The van der Waals surface area contributed by atoms with Gasteiger partial charge in [-0.15, -0.1) is 0 Å². The molecule has 5 heteroatoms. The lowest BCUT2D eigenvalue weighted by Gasteiger charge is -2.06. The number of nitrogens with zero attached hydrogens (tertiary/aromatic N) is 2. The van der Waals surface area contributed by atoms with E-state index in [0.29, 0.717) is 23.7 Å². The second-order valence-electron chi connectivity index (χ2n) is 4.03. The third-order valence-electron chi connectivity index (χ3n) is 2.58. The summed E-state index contributed by atoms with van der Waals surface area (Å²) in [5, 5.41) is 3.04. The van der Waals surface area contributed by atoms with Crippen LogP contribution in [0.4, 0.5) is 4.39 Å². The minimum Gasteiger partial charge on any atom is -0.490 e. The van der Waals surface area contributed by atoms with Crippen LogP contribution in [-0.4, -0.2) is 30.2 Å². The summed E-state index contributed by atoms with van der Waals surface area (Å²) in [6.07, 6.45) is 4.04. The highest BCUT2D eigenvalue weighted by Crippen LogP contribution is 2.19. The van der Waals surface area contributed by atoms with Gasteiger partial charge in [-0.3, -0.25) is 0 Å². The number of ether oxygens (including phenoxy) is 1. The summed E-state index contributed by atoms with van der Waals surface area (Å²) in [4.78, 5) is 8.23. The zero-order chi connectivity index (χ0) is 13.5. The van der Waals surface area contributed by atoms with E-state index in [1.165, 1.54) is 6.07 Å². The lowest BCUT2D eigenvalue weighted by atomic mass is 10.2. The predicted molar refractivity (Wildman–Crippen MR) is 71.5 cm³/mol. The molecule has 0 unspecified atom stereocenters. The lowest BCUT2D eigenvalue weighted by molar-refractivity contribution is 0.307. The van der Waals surface area contributed by atoms with Gasteiger partial charge in [0.25, 0.3) is 0 Å². The standard InChI is InChI=1S/C14H16FN3O/c1-16-7-4-8-19-11-9-17-14(18-10-11)12-5-2-3-6-13(12)15/h2-3,5-6,9-10,16H,4,7-8H2,1H3. The normalized spacial score (nSPS) is 10.4. The SMILES string of the molecule is CNCCCOc1cnc(-c2ccccc2F)nc1. The van der Waals surface area contributed by atoms with E-state index < -0.39 is 0 Å². The van der Waals surface area contributed by atoms with E-state index >= 15 is 0 Å². The lowest BCUT2D eigenvalue weighted by Crippen LogP contribution is -2.11. The summed E-state index contributed by atoms with van der Waals surface area (Å²) in [6, 6.07) is 6.43. The van der Waals surface area contributed by atoms with Crippen LogP contribution in [0.15, 0.2) is 36.7 Å². The van der Waals surface area contributed by atoms with Gasteiger partial charge in [0.1, 0.15) is 5.82 Å². The van der Waals surface area contributed by atoms with Crippen molar-refractivity contribution in [3.63, 3.8) is 0 Å². The summed E-state index contributed by atoms with van der Waals surface area (Å²) >= 11 is 0. The highest BCUT2D eigenvalue weighted by atomic mass is 19.1. The van der Waals surface area contributed by atoms with Crippen LogP contribution >= 0.6 is 0 Å². The molecule has 0 aliphatic rings. The number of nitrogens with one attached hydrogen (secondary N) is 1. The minimum atomic E-state index is -0.329. The number of rotatable bonds is 6. The van der Waals surface area contributed by atoms with Crippen LogP contribution in [-0.2, 0) is 0 Å². The Balaban J connectivity index is 2.01. The Morgan fingerprint density at radius 2 is 1.95 bits per heavy atom. The Bertz CT molecular complexity index is 516. The maximum absolute atomic E-state index is 13.5. The Morgan fingerprint density at radius 1 is 1.21 bits per heavy atom. The Morgan fingerprint density at radius 3 is 2.63 bits per heavy atom. The van der Waals surface area contributed by atoms with Crippen molar-refractivity contribution in [1.29, 1.82) is 0 Å². The molecule has 100 valence electrons.